The second-order valence-corrected chi connectivity index (χ2v) is 9.92. The Bertz CT molecular complexity index is 165. The van der Waals surface area contributed by atoms with Gasteiger partial charge in [-0.15, -0.1) is 0 Å². The molecule has 0 unspecified atom stereocenters. The van der Waals surface area contributed by atoms with Gasteiger partial charge < -0.3 is 0 Å². The van der Waals surface area contributed by atoms with E-state index in [0.717, 1.165) is 6.42 Å². The fourth-order valence-corrected chi connectivity index (χ4v) is 0.650. The van der Waals surface area contributed by atoms with Gasteiger partial charge in [-0.05, 0) is 18.1 Å². The Morgan fingerprint density at radius 2 is 2.09 bits per heavy atom. The molecule has 0 N–H and O–H groups in total. The molecule has 3 heteroatoms. The van der Waals surface area contributed by atoms with E-state index in [0.29, 0.717) is 0 Å². The largest absolute Gasteiger partial charge is 0.560 e. The lowest BCUT2D eigenvalue weighted by Crippen LogP contribution is -1.74. The highest BCUT2D eigenvalue weighted by Gasteiger charge is 1.80. The van der Waals surface area contributed by atoms with Crippen molar-refractivity contribution in [1.82, 2.24) is 0 Å². The van der Waals surface area contributed by atoms with Crippen LogP contribution in [0.1, 0.15) is 12.5 Å². The molecule has 0 saturated heterocycles. The molecule has 0 aliphatic carbocycles. The van der Waals surface area contributed by atoms with Crippen molar-refractivity contribution in [3.63, 3.8) is 0 Å². The van der Waals surface area contributed by atoms with Gasteiger partial charge in [-0.1, -0.05) is 31.2 Å². The minimum atomic E-state index is 0.0417. The summed E-state index contributed by atoms with van der Waals surface area (Å²) < 4.78 is 0. The van der Waals surface area contributed by atoms with Gasteiger partial charge >= 0.3 is 16.0 Å². The molecule has 11 heavy (non-hydrogen) atoms. The second kappa shape index (κ2) is 9.04. The Kier molecular flexibility index (Phi) is 9.82. The summed E-state index contributed by atoms with van der Waals surface area (Å²) in [7, 11) is 0. The summed E-state index contributed by atoms with van der Waals surface area (Å²) in [6.45, 7) is 2.13. The number of aryl methyl sites for hydroxylation is 1. The van der Waals surface area contributed by atoms with E-state index < -0.39 is 0 Å². The topological polar surface area (TPSA) is 0 Å². The Labute approximate surface area is 90.2 Å². The lowest BCUT2D eigenvalue weighted by atomic mass is 10.2. The van der Waals surface area contributed by atoms with E-state index in [9.17, 15) is 0 Å². The quantitative estimate of drug-likeness (QED) is 0.695. The summed E-state index contributed by atoms with van der Waals surface area (Å²) in [5, 5.41) is 0. The molecule has 0 aromatic heterocycles. The van der Waals surface area contributed by atoms with Crippen LogP contribution in [0.15, 0.2) is 24.3 Å². The minimum Gasteiger partial charge on any atom is -0.280 e. The summed E-state index contributed by atoms with van der Waals surface area (Å²) >= 11 is 6.44. The van der Waals surface area contributed by atoms with Crippen LogP contribution < -0.4 is 0 Å². The molecule has 1 aromatic carbocycles. The van der Waals surface area contributed by atoms with E-state index in [1.165, 1.54) is 5.56 Å². The molecule has 0 aliphatic heterocycles. The van der Waals surface area contributed by atoms with Crippen molar-refractivity contribution in [2.24, 2.45) is 0 Å². The number of hydrogen-bond donors (Lipinski definition) is 0. The molecular formula is C8H9Br2Mg. The Hall–Kier alpha value is 0.946. The highest BCUT2D eigenvalue weighted by molar-refractivity contribution is 9.47. The smallest absolute Gasteiger partial charge is 0.280 e. The molecule has 0 heterocycles. The molecule has 1 radical (unpaired) electrons. The third-order valence-corrected chi connectivity index (χ3v) is 1.15. The zero-order valence-corrected chi connectivity index (χ0v) is 11.1. The first kappa shape index (κ1) is 11.9. The van der Waals surface area contributed by atoms with Crippen molar-refractivity contribution in [1.29, 1.82) is 0 Å². The summed E-state index contributed by atoms with van der Waals surface area (Å²) in [6, 6.07) is 11.2. The van der Waals surface area contributed by atoms with E-state index in [4.69, 9.17) is 0 Å². The van der Waals surface area contributed by atoms with Gasteiger partial charge in [-0.3, -0.25) is 25.8 Å². The fraction of sp³-hybridized carbons (Fsp3) is 0.250. The van der Waals surface area contributed by atoms with Crippen molar-refractivity contribution >= 4 is 41.8 Å². The monoisotopic (exact) mass is 287 g/mol. The normalized spacial score (nSPS) is 7.55. The van der Waals surface area contributed by atoms with Crippen molar-refractivity contribution < 1.29 is 0 Å². The molecule has 1 aromatic rings. The van der Waals surface area contributed by atoms with Crippen molar-refractivity contribution in [2.45, 2.75) is 13.3 Å². The Morgan fingerprint density at radius 1 is 1.45 bits per heavy atom. The summed E-state index contributed by atoms with van der Waals surface area (Å²) in [5.74, 6) is 0. The molecule has 0 amide bonds. The molecule has 57 valence electrons. The van der Waals surface area contributed by atoms with Crippen molar-refractivity contribution in [2.75, 3.05) is 0 Å². The molecule has 0 fully saturated rings. The molecule has 1 rings (SSSR count). The van der Waals surface area contributed by atoms with E-state index in [2.05, 4.69) is 44.8 Å². The molecule has 0 bridgehead atoms. The summed E-state index contributed by atoms with van der Waals surface area (Å²) in [5.41, 5.74) is 1.28. The first-order valence-corrected chi connectivity index (χ1v) is 11.2. The summed E-state index contributed by atoms with van der Waals surface area (Å²) in [6.07, 6.45) is 1.08. The zero-order chi connectivity index (χ0) is 8.53. The van der Waals surface area contributed by atoms with Crippen LogP contribution in [-0.2, 0) is 6.42 Å². The number of benzene rings is 1. The standard InChI is InChI=1S/C8H9.2BrH.Mg/c1-2-8-6-4-3-5-7-8;;;/h3-6H,2H2,1H3;2*1H;/q;;;+2/p-2. The first-order valence-electron chi connectivity index (χ1n) is 3.42. The molecule has 0 aliphatic rings. The SMILES string of the molecule is CCc1[c]cccc1.[Br][Mg][Br]. The number of rotatable bonds is 1. The molecule has 0 saturated carbocycles. The van der Waals surface area contributed by atoms with E-state index >= 15 is 0 Å². The number of halogens is 2. The molecule has 0 spiro atoms. The highest BCUT2D eigenvalue weighted by atomic mass is 79.9. The lowest BCUT2D eigenvalue weighted by Gasteiger charge is -1.88. The third kappa shape index (κ3) is 7.31. The maximum absolute atomic E-state index is 3.20. The fourth-order valence-electron chi connectivity index (χ4n) is 0.650. The van der Waals surface area contributed by atoms with Gasteiger partial charge in [-0.25, -0.2) is 0 Å². The maximum atomic E-state index is 3.20. The van der Waals surface area contributed by atoms with E-state index in [1.807, 2.05) is 18.2 Å². The highest BCUT2D eigenvalue weighted by Crippen LogP contribution is 1.95. The maximum Gasteiger partial charge on any atom is 0.560 e. The molecular weight excluding hydrogens is 280 g/mol. The minimum absolute atomic E-state index is 0.0417. The van der Waals surface area contributed by atoms with Gasteiger partial charge in [0.05, 0.1) is 0 Å². The average molecular weight is 289 g/mol. The van der Waals surface area contributed by atoms with Crippen molar-refractivity contribution in [3.8, 4) is 0 Å². The second-order valence-electron chi connectivity index (χ2n) is 1.84. The molecule has 0 nitrogen and oxygen atoms in total. The zero-order valence-electron chi connectivity index (χ0n) is 6.48. The van der Waals surface area contributed by atoms with Crippen LogP contribution in [0.2, 0.25) is 0 Å². The predicted molar refractivity (Wildman–Crippen MR) is 58.3 cm³/mol. The van der Waals surface area contributed by atoms with Crippen LogP contribution >= 0.6 is 25.8 Å². The lowest BCUT2D eigenvalue weighted by molar-refractivity contribution is 1.14. The summed E-state index contributed by atoms with van der Waals surface area (Å²) in [4.78, 5) is 0. The van der Waals surface area contributed by atoms with Gasteiger partial charge in [0.2, 0.25) is 0 Å². The van der Waals surface area contributed by atoms with Gasteiger partial charge in [0, 0.05) is 0 Å². The van der Waals surface area contributed by atoms with Crippen LogP contribution in [0.25, 0.3) is 0 Å². The van der Waals surface area contributed by atoms with Gasteiger partial charge in [0.15, 0.2) is 0 Å². The van der Waals surface area contributed by atoms with Crippen molar-refractivity contribution in [3.05, 3.63) is 35.9 Å². The Morgan fingerprint density at radius 3 is 2.36 bits per heavy atom. The van der Waals surface area contributed by atoms with Crippen LogP contribution in [0, 0.1) is 6.07 Å². The third-order valence-electron chi connectivity index (χ3n) is 1.15. The van der Waals surface area contributed by atoms with Crippen LogP contribution in [0.5, 0.6) is 0 Å². The van der Waals surface area contributed by atoms with Gasteiger partial charge in [-0.2, -0.15) is 0 Å². The van der Waals surface area contributed by atoms with Gasteiger partial charge in [0.25, 0.3) is 0 Å². The number of hydrogen-bond acceptors (Lipinski definition) is 0. The predicted octanol–water partition coefficient (Wildman–Crippen LogP) is 3.36. The van der Waals surface area contributed by atoms with Crippen LogP contribution in [0.4, 0.5) is 0 Å². The van der Waals surface area contributed by atoms with Crippen LogP contribution in [-0.4, -0.2) is 16.0 Å². The first-order chi connectivity index (χ1) is 5.35. The average Bonchev–Trinajstić information content (AvgIpc) is 2.08. The van der Waals surface area contributed by atoms with Gasteiger partial charge in [0.1, 0.15) is 0 Å². The van der Waals surface area contributed by atoms with E-state index in [-0.39, 0.29) is 16.0 Å². The van der Waals surface area contributed by atoms with Crippen LogP contribution in [0.3, 0.4) is 0 Å². The van der Waals surface area contributed by atoms with E-state index in [1.54, 1.807) is 0 Å². The Balaban J connectivity index is 0.000000292. The molecule has 0 atom stereocenters.